The number of nitrogens with zero attached hydrogens (tertiary/aromatic N) is 2. The van der Waals surface area contributed by atoms with Crippen LogP contribution < -0.4 is 16.6 Å². The summed E-state index contributed by atoms with van der Waals surface area (Å²) in [5.74, 6) is 5.47. The summed E-state index contributed by atoms with van der Waals surface area (Å²) in [4.78, 5) is 8.42. The Balaban J connectivity index is 2.34. The average Bonchev–Trinajstić information content (AvgIpc) is 2.45. The second-order valence-corrected chi connectivity index (χ2v) is 5.17. The predicted molar refractivity (Wildman–Crippen MR) is 81.2 cm³/mol. The molecule has 0 bridgehead atoms. The minimum absolute atomic E-state index is 0.0141. The number of hydrogen-bond donors (Lipinski definition) is 3. The Kier molecular flexibility index (Phi) is 5.03. The van der Waals surface area contributed by atoms with Crippen molar-refractivity contribution in [3.63, 3.8) is 0 Å². The Morgan fingerprint density at radius 2 is 1.86 bits per heavy atom. The second kappa shape index (κ2) is 6.77. The molecule has 0 fully saturated rings. The molecule has 0 amide bonds. The van der Waals surface area contributed by atoms with Crippen molar-refractivity contribution >= 4 is 33.3 Å². The summed E-state index contributed by atoms with van der Waals surface area (Å²) in [6.45, 7) is 1.99. The summed E-state index contributed by atoms with van der Waals surface area (Å²) in [6, 6.07) is 3.61. The molecule has 0 saturated heterocycles. The largest absolute Gasteiger partial charge is 0.338 e. The maximum Gasteiger partial charge on any atom is 0.148 e. The van der Waals surface area contributed by atoms with Crippen LogP contribution >= 0.6 is 15.9 Å². The monoisotopic (exact) mass is 357 g/mol. The first-order valence-electron chi connectivity index (χ1n) is 6.29. The van der Waals surface area contributed by atoms with Gasteiger partial charge in [0.2, 0.25) is 0 Å². The van der Waals surface area contributed by atoms with Crippen LogP contribution in [0.4, 0.5) is 26.1 Å². The zero-order valence-corrected chi connectivity index (χ0v) is 12.8. The third-order valence-electron chi connectivity index (χ3n) is 2.67. The van der Waals surface area contributed by atoms with Gasteiger partial charge in [-0.05, 0) is 28.4 Å². The topological polar surface area (TPSA) is 75.9 Å². The van der Waals surface area contributed by atoms with Gasteiger partial charge in [-0.25, -0.2) is 24.6 Å². The van der Waals surface area contributed by atoms with Crippen molar-refractivity contribution in [1.29, 1.82) is 0 Å². The normalized spacial score (nSPS) is 10.5. The first kappa shape index (κ1) is 15.6. The number of halogens is 3. The quantitative estimate of drug-likeness (QED) is 0.433. The van der Waals surface area contributed by atoms with Crippen LogP contribution in [0.2, 0.25) is 0 Å². The molecule has 1 heterocycles. The first-order chi connectivity index (χ1) is 10.0. The minimum atomic E-state index is -0.596. The van der Waals surface area contributed by atoms with E-state index >= 15 is 0 Å². The predicted octanol–water partition coefficient (Wildman–Crippen LogP) is 3.50. The van der Waals surface area contributed by atoms with Gasteiger partial charge >= 0.3 is 0 Å². The Hall–Kier alpha value is -1.80. The van der Waals surface area contributed by atoms with Crippen LogP contribution in [0.1, 0.15) is 19.2 Å². The van der Waals surface area contributed by atoms with E-state index in [9.17, 15) is 8.78 Å². The van der Waals surface area contributed by atoms with Crippen molar-refractivity contribution in [2.24, 2.45) is 5.84 Å². The molecule has 0 aliphatic heterocycles. The highest BCUT2D eigenvalue weighted by Crippen LogP contribution is 2.26. The fourth-order valence-corrected chi connectivity index (χ4v) is 2.04. The average molecular weight is 358 g/mol. The summed E-state index contributed by atoms with van der Waals surface area (Å²) >= 11 is 2.93. The lowest BCUT2D eigenvalue weighted by Crippen LogP contribution is -2.11. The molecule has 0 spiro atoms. The third-order valence-corrected chi connectivity index (χ3v) is 3.27. The van der Waals surface area contributed by atoms with Crippen molar-refractivity contribution in [3.8, 4) is 0 Å². The van der Waals surface area contributed by atoms with E-state index in [0.717, 1.165) is 18.6 Å². The fraction of sp³-hybridized carbons (Fsp3) is 0.231. The van der Waals surface area contributed by atoms with E-state index in [1.807, 2.05) is 6.92 Å². The zero-order valence-electron chi connectivity index (χ0n) is 11.3. The highest BCUT2D eigenvalue weighted by molar-refractivity contribution is 9.10. The molecule has 0 aliphatic rings. The molecule has 0 atom stereocenters. The molecule has 4 N–H and O–H groups in total. The van der Waals surface area contributed by atoms with Crippen molar-refractivity contribution < 1.29 is 8.78 Å². The summed E-state index contributed by atoms with van der Waals surface area (Å²) in [5.41, 5.74) is 2.41. The summed E-state index contributed by atoms with van der Waals surface area (Å²) in [7, 11) is 0. The van der Waals surface area contributed by atoms with Gasteiger partial charge in [0.15, 0.2) is 0 Å². The van der Waals surface area contributed by atoms with Gasteiger partial charge in [-0.1, -0.05) is 6.92 Å². The van der Waals surface area contributed by atoms with Gasteiger partial charge in [-0.2, -0.15) is 0 Å². The lowest BCUT2D eigenvalue weighted by Gasteiger charge is -2.10. The molecule has 2 rings (SSSR count). The Morgan fingerprint density at radius 3 is 2.52 bits per heavy atom. The summed E-state index contributed by atoms with van der Waals surface area (Å²) in [5, 5.41) is 2.73. The maximum atomic E-state index is 13.8. The number of hydrogen-bond acceptors (Lipinski definition) is 5. The van der Waals surface area contributed by atoms with Gasteiger partial charge in [0.1, 0.15) is 29.1 Å². The Bertz CT molecular complexity index is 651. The molecule has 0 saturated carbocycles. The van der Waals surface area contributed by atoms with Gasteiger partial charge in [-0.15, -0.1) is 0 Å². The SMILES string of the molecule is CCCc1nc(NN)cc(Nc2cc(F)c(Br)cc2F)n1. The van der Waals surface area contributed by atoms with Crippen LogP contribution in [0.15, 0.2) is 22.7 Å². The van der Waals surface area contributed by atoms with E-state index in [1.165, 1.54) is 6.07 Å². The number of nitrogens with one attached hydrogen (secondary N) is 2. The van der Waals surface area contributed by atoms with E-state index < -0.39 is 11.6 Å². The number of aromatic nitrogens is 2. The van der Waals surface area contributed by atoms with E-state index in [4.69, 9.17) is 5.84 Å². The van der Waals surface area contributed by atoms with Gasteiger partial charge < -0.3 is 10.7 Å². The molecule has 8 heteroatoms. The molecule has 1 aromatic heterocycles. The van der Waals surface area contributed by atoms with Crippen LogP contribution in [-0.2, 0) is 6.42 Å². The molecular formula is C13H14BrF2N5. The highest BCUT2D eigenvalue weighted by Gasteiger charge is 2.10. The summed E-state index contributed by atoms with van der Waals surface area (Å²) in [6.07, 6.45) is 1.51. The third kappa shape index (κ3) is 3.85. The molecular weight excluding hydrogens is 344 g/mol. The number of nitrogen functional groups attached to an aromatic ring is 1. The molecule has 2 aromatic rings. The number of rotatable bonds is 5. The van der Waals surface area contributed by atoms with Crippen LogP contribution in [0.3, 0.4) is 0 Å². The van der Waals surface area contributed by atoms with Gasteiger partial charge in [0, 0.05) is 18.6 Å². The van der Waals surface area contributed by atoms with E-state index in [-0.39, 0.29) is 10.2 Å². The van der Waals surface area contributed by atoms with Crippen LogP contribution in [0, 0.1) is 11.6 Å². The Labute approximate surface area is 129 Å². The standard InChI is InChI=1S/C13H14BrF2N5/c1-2-3-11-19-12(6-13(20-11)21-17)18-10-5-8(15)7(14)4-9(10)16/h4-6H,2-3,17H2,1H3,(H2,18,19,20,21). The van der Waals surface area contributed by atoms with E-state index in [1.54, 1.807) is 0 Å². The maximum absolute atomic E-state index is 13.8. The molecule has 0 unspecified atom stereocenters. The Morgan fingerprint density at radius 1 is 1.14 bits per heavy atom. The molecule has 5 nitrogen and oxygen atoms in total. The van der Waals surface area contributed by atoms with Gasteiger partial charge in [-0.3, -0.25) is 0 Å². The highest BCUT2D eigenvalue weighted by atomic mass is 79.9. The number of aryl methyl sites for hydroxylation is 1. The minimum Gasteiger partial charge on any atom is -0.338 e. The second-order valence-electron chi connectivity index (χ2n) is 4.32. The molecule has 112 valence electrons. The smallest absolute Gasteiger partial charge is 0.148 e. The van der Waals surface area contributed by atoms with Crippen molar-refractivity contribution in [1.82, 2.24) is 9.97 Å². The lowest BCUT2D eigenvalue weighted by molar-refractivity contribution is 0.597. The molecule has 0 aliphatic carbocycles. The van der Waals surface area contributed by atoms with Crippen molar-refractivity contribution in [3.05, 3.63) is 40.1 Å². The molecule has 1 aromatic carbocycles. The molecule has 0 radical (unpaired) electrons. The number of nitrogens with two attached hydrogens (primary N) is 1. The number of benzene rings is 1. The number of hydrazine groups is 1. The van der Waals surface area contributed by atoms with E-state index in [0.29, 0.717) is 23.9 Å². The number of anilines is 3. The van der Waals surface area contributed by atoms with Crippen LogP contribution in [0.25, 0.3) is 0 Å². The lowest BCUT2D eigenvalue weighted by atomic mass is 10.3. The molecule has 21 heavy (non-hydrogen) atoms. The fourth-order valence-electron chi connectivity index (χ4n) is 1.73. The van der Waals surface area contributed by atoms with Crippen molar-refractivity contribution in [2.45, 2.75) is 19.8 Å². The van der Waals surface area contributed by atoms with Crippen LogP contribution in [0.5, 0.6) is 0 Å². The van der Waals surface area contributed by atoms with Crippen molar-refractivity contribution in [2.75, 3.05) is 10.7 Å². The van der Waals surface area contributed by atoms with Gasteiger partial charge in [0.25, 0.3) is 0 Å². The van der Waals surface area contributed by atoms with E-state index in [2.05, 4.69) is 36.6 Å². The summed E-state index contributed by atoms with van der Waals surface area (Å²) < 4.78 is 27.4. The van der Waals surface area contributed by atoms with Gasteiger partial charge in [0.05, 0.1) is 10.2 Å². The van der Waals surface area contributed by atoms with Crippen LogP contribution in [-0.4, -0.2) is 9.97 Å². The zero-order chi connectivity index (χ0) is 15.4. The first-order valence-corrected chi connectivity index (χ1v) is 7.09.